The number of nitrogens with one attached hydrogen (secondary N) is 1. The Morgan fingerprint density at radius 1 is 0.970 bits per heavy atom. The molecule has 3 aromatic carbocycles. The van der Waals surface area contributed by atoms with Gasteiger partial charge in [0.15, 0.2) is 11.0 Å². The number of aromatic nitrogens is 5. The molecule has 1 amide bonds. The van der Waals surface area contributed by atoms with Crippen molar-refractivity contribution >= 4 is 46.1 Å². The summed E-state index contributed by atoms with van der Waals surface area (Å²) in [7, 11) is 0. The Labute approximate surface area is 197 Å². The Balaban J connectivity index is 1.39. The Morgan fingerprint density at radius 3 is 2.64 bits per heavy atom. The van der Waals surface area contributed by atoms with Crippen molar-refractivity contribution < 1.29 is 9.18 Å². The van der Waals surface area contributed by atoms with E-state index in [0.29, 0.717) is 34.3 Å². The highest BCUT2D eigenvalue weighted by molar-refractivity contribution is 7.99. The smallest absolute Gasteiger partial charge is 0.234 e. The van der Waals surface area contributed by atoms with E-state index in [1.54, 1.807) is 24.3 Å². The fourth-order valence-electron chi connectivity index (χ4n) is 3.37. The highest BCUT2D eigenvalue weighted by Crippen LogP contribution is 2.27. The Kier molecular flexibility index (Phi) is 6.09. The molecule has 0 bridgehead atoms. The van der Waals surface area contributed by atoms with Crippen molar-refractivity contribution in [2.24, 2.45) is 0 Å². The molecule has 0 spiro atoms. The van der Waals surface area contributed by atoms with Gasteiger partial charge in [-0.05, 0) is 29.8 Å². The first-order valence-electron chi connectivity index (χ1n) is 10.0. The number of hydrogen-bond donors (Lipinski definition) is 1. The number of rotatable bonds is 7. The third-order valence-corrected chi connectivity index (χ3v) is 6.42. The molecular weight excluding hydrogens is 459 g/mol. The zero-order valence-electron chi connectivity index (χ0n) is 17.2. The van der Waals surface area contributed by atoms with E-state index in [4.69, 9.17) is 0 Å². The number of nitrogens with zero attached hydrogens (tertiary/aromatic N) is 5. The van der Waals surface area contributed by atoms with Gasteiger partial charge in [0.1, 0.15) is 16.9 Å². The maximum atomic E-state index is 14.5. The molecule has 0 aliphatic heterocycles. The SMILES string of the molecule is O=C(CSc1nnc(-c2ccccc2F)n1Cc1ccccc1)Nc1cccc2nsnc12. The van der Waals surface area contributed by atoms with E-state index in [-0.39, 0.29) is 17.5 Å². The molecule has 0 saturated heterocycles. The van der Waals surface area contributed by atoms with Crippen LogP contribution in [0.3, 0.4) is 0 Å². The molecule has 33 heavy (non-hydrogen) atoms. The van der Waals surface area contributed by atoms with Gasteiger partial charge in [-0.2, -0.15) is 8.75 Å². The summed E-state index contributed by atoms with van der Waals surface area (Å²) in [4.78, 5) is 12.7. The molecule has 5 aromatic rings. The number of thioether (sulfide) groups is 1. The molecule has 2 aromatic heterocycles. The van der Waals surface area contributed by atoms with Gasteiger partial charge in [0.25, 0.3) is 0 Å². The van der Waals surface area contributed by atoms with Crippen molar-refractivity contribution in [3.8, 4) is 11.4 Å². The topological polar surface area (TPSA) is 85.6 Å². The van der Waals surface area contributed by atoms with E-state index >= 15 is 0 Å². The lowest BCUT2D eigenvalue weighted by Gasteiger charge is -2.11. The highest BCUT2D eigenvalue weighted by Gasteiger charge is 2.19. The molecule has 5 rings (SSSR count). The zero-order valence-corrected chi connectivity index (χ0v) is 18.8. The number of fused-ring (bicyclic) bond motifs is 1. The normalized spacial score (nSPS) is 11.1. The lowest BCUT2D eigenvalue weighted by Crippen LogP contribution is -2.15. The molecule has 10 heteroatoms. The maximum absolute atomic E-state index is 14.5. The predicted octanol–water partition coefficient (Wildman–Crippen LogP) is 4.87. The Morgan fingerprint density at radius 2 is 1.79 bits per heavy atom. The van der Waals surface area contributed by atoms with E-state index in [2.05, 4.69) is 24.3 Å². The fraction of sp³-hybridized carbons (Fsp3) is 0.0870. The summed E-state index contributed by atoms with van der Waals surface area (Å²) in [6, 6.07) is 21.7. The van der Waals surface area contributed by atoms with Crippen LogP contribution in [0.15, 0.2) is 78.0 Å². The lowest BCUT2D eigenvalue weighted by atomic mass is 10.2. The zero-order chi connectivity index (χ0) is 22.6. The molecule has 0 aliphatic carbocycles. The van der Waals surface area contributed by atoms with Crippen LogP contribution in [0, 0.1) is 5.82 Å². The largest absolute Gasteiger partial charge is 0.323 e. The molecule has 7 nitrogen and oxygen atoms in total. The summed E-state index contributed by atoms with van der Waals surface area (Å²) in [6.07, 6.45) is 0. The number of carbonyl (C=O) groups is 1. The van der Waals surface area contributed by atoms with E-state index in [1.807, 2.05) is 47.0 Å². The molecule has 2 heterocycles. The molecule has 164 valence electrons. The average molecular weight is 477 g/mol. The number of benzene rings is 3. The second kappa shape index (κ2) is 9.47. The van der Waals surface area contributed by atoms with Crippen LogP contribution in [-0.2, 0) is 11.3 Å². The quantitative estimate of drug-likeness (QED) is 0.338. The first kappa shape index (κ1) is 21.2. The minimum absolute atomic E-state index is 0.109. The van der Waals surface area contributed by atoms with Gasteiger partial charge in [-0.3, -0.25) is 9.36 Å². The van der Waals surface area contributed by atoms with Crippen molar-refractivity contribution in [3.05, 3.63) is 84.2 Å². The Hall–Kier alpha value is -3.63. The summed E-state index contributed by atoms with van der Waals surface area (Å²) in [5, 5.41) is 11.9. The molecule has 1 N–H and O–H groups in total. The minimum Gasteiger partial charge on any atom is -0.323 e. The third kappa shape index (κ3) is 4.62. The van der Waals surface area contributed by atoms with E-state index in [9.17, 15) is 9.18 Å². The first-order valence-corrected chi connectivity index (χ1v) is 11.8. The molecule has 0 unspecified atom stereocenters. The van der Waals surface area contributed by atoms with Crippen LogP contribution in [0.2, 0.25) is 0 Å². The van der Waals surface area contributed by atoms with Crippen LogP contribution in [0.4, 0.5) is 10.1 Å². The highest BCUT2D eigenvalue weighted by atomic mass is 32.2. The molecule has 0 radical (unpaired) electrons. The van der Waals surface area contributed by atoms with Crippen LogP contribution in [0.25, 0.3) is 22.4 Å². The van der Waals surface area contributed by atoms with E-state index in [1.165, 1.54) is 17.8 Å². The van der Waals surface area contributed by atoms with Gasteiger partial charge in [0, 0.05) is 0 Å². The predicted molar refractivity (Wildman–Crippen MR) is 128 cm³/mol. The van der Waals surface area contributed by atoms with Crippen LogP contribution < -0.4 is 5.32 Å². The van der Waals surface area contributed by atoms with Crippen LogP contribution in [-0.4, -0.2) is 35.2 Å². The number of hydrogen-bond acceptors (Lipinski definition) is 7. The Bertz CT molecular complexity index is 1420. The van der Waals surface area contributed by atoms with Crippen LogP contribution in [0.1, 0.15) is 5.56 Å². The van der Waals surface area contributed by atoms with Gasteiger partial charge in [0.05, 0.1) is 35.3 Å². The first-order chi connectivity index (χ1) is 16.2. The maximum Gasteiger partial charge on any atom is 0.234 e. The van der Waals surface area contributed by atoms with E-state index < -0.39 is 0 Å². The standard InChI is InChI=1S/C23H17FN6OS2/c24-17-10-5-4-9-16(17)22-26-27-23(30(22)13-15-7-2-1-3-8-15)32-14-20(31)25-18-11-6-12-19-21(18)29-33-28-19/h1-12H,13-14H2,(H,25,31). The molecule has 0 saturated carbocycles. The molecule has 0 fully saturated rings. The number of anilines is 1. The van der Waals surface area contributed by atoms with Gasteiger partial charge in [0.2, 0.25) is 5.91 Å². The van der Waals surface area contributed by atoms with Crippen molar-refractivity contribution in [1.82, 2.24) is 23.5 Å². The van der Waals surface area contributed by atoms with E-state index in [0.717, 1.165) is 22.8 Å². The van der Waals surface area contributed by atoms with Gasteiger partial charge in [-0.15, -0.1) is 10.2 Å². The minimum atomic E-state index is -0.376. The van der Waals surface area contributed by atoms with Gasteiger partial charge < -0.3 is 5.32 Å². The average Bonchev–Trinajstić information content (AvgIpc) is 3.47. The third-order valence-electron chi connectivity index (χ3n) is 4.91. The monoisotopic (exact) mass is 476 g/mol. The van der Waals surface area contributed by atoms with Crippen molar-refractivity contribution in [3.63, 3.8) is 0 Å². The second-order valence-electron chi connectivity index (χ2n) is 7.13. The van der Waals surface area contributed by atoms with Crippen molar-refractivity contribution in [2.45, 2.75) is 11.7 Å². The molecule has 0 aliphatic rings. The summed E-state index contributed by atoms with van der Waals surface area (Å²) in [5.41, 5.74) is 3.39. The number of halogens is 1. The van der Waals surface area contributed by atoms with Gasteiger partial charge in [-0.25, -0.2) is 4.39 Å². The summed E-state index contributed by atoms with van der Waals surface area (Å²) in [6.45, 7) is 0.450. The van der Waals surface area contributed by atoms with Gasteiger partial charge in [-0.1, -0.05) is 60.3 Å². The van der Waals surface area contributed by atoms with Crippen LogP contribution >= 0.6 is 23.5 Å². The van der Waals surface area contributed by atoms with Crippen molar-refractivity contribution in [2.75, 3.05) is 11.1 Å². The second-order valence-corrected chi connectivity index (χ2v) is 8.60. The number of amides is 1. The summed E-state index contributed by atoms with van der Waals surface area (Å²) >= 11 is 2.34. The van der Waals surface area contributed by atoms with Gasteiger partial charge >= 0.3 is 0 Å². The number of carbonyl (C=O) groups excluding carboxylic acids is 1. The fourth-order valence-corrected chi connectivity index (χ4v) is 4.66. The van der Waals surface area contributed by atoms with Crippen LogP contribution in [0.5, 0.6) is 0 Å². The molecular formula is C23H17FN6OS2. The summed E-state index contributed by atoms with van der Waals surface area (Å²) < 4.78 is 24.8. The summed E-state index contributed by atoms with van der Waals surface area (Å²) in [5.74, 6) is -0.0585. The molecule has 0 atom stereocenters. The van der Waals surface area contributed by atoms with Crippen molar-refractivity contribution in [1.29, 1.82) is 0 Å². The lowest BCUT2D eigenvalue weighted by molar-refractivity contribution is -0.113.